The van der Waals surface area contributed by atoms with Gasteiger partial charge in [0.1, 0.15) is 0 Å². The number of nitrogens with zero attached hydrogens (tertiary/aromatic N) is 2. The first-order valence-corrected chi connectivity index (χ1v) is 6.75. The number of aryl methyl sites for hydroxylation is 2. The fraction of sp³-hybridized carbons (Fsp3) is 0.308. The number of carbonyl (C=O) groups excluding carboxylic acids is 1. The number of nitrogens with two attached hydrogens (primary N) is 1. The third-order valence-corrected chi connectivity index (χ3v) is 4.03. The van der Waals surface area contributed by atoms with Crippen LogP contribution in [0.15, 0.2) is 18.5 Å². The number of thiazole rings is 1. The Labute approximate surface area is 115 Å². The van der Waals surface area contributed by atoms with Crippen LogP contribution >= 0.6 is 11.3 Å². The Hall–Kier alpha value is -1.95. The molecule has 0 aliphatic rings. The molecular formula is C13H16N4OS. The number of hydrogen-bond donors (Lipinski definition) is 2. The van der Waals surface area contributed by atoms with Crippen molar-refractivity contribution in [3.8, 4) is 0 Å². The summed E-state index contributed by atoms with van der Waals surface area (Å²) in [6.07, 6.45) is 3.03. The molecule has 0 radical (unpaired) electrons. The largest absolute Gasteiger partial charge is 0.397 e. The van der Waals surface area contributed by atoms with E-state index in [0.717, 1.165) is 15.6 Å². The first-order chi connectivity index (χ1) is 8.99. The van der Waals surface area contributed by atoms with Gasteiger partial charge in [0.05, 0.1) is 34.2 Å². The van der Waals surface area contributed by atoms with Crippen molar-refractivity contribution in [1.82, 2.24) is 15.3 Å². The highest BCUT2D eigenvalue weighted by atomic mass is 32.1. The summed E-state index contributed by atoms with van der Waals surface area (Å²) in [5, 5.41) is 3.93. The molecule has 2 heterocycles. The van der Waals surface area contributed by atoms with Crippen LogP contribution in [-0.2, 0) is 0 Å². The summed E-state index contributed by atoms with van der Waals surface area (Å²) in [4.78, 5) is 21.4. The second-order valence-electron chi connectivity index (χ2n) is 4.34. The lowest BCUT2D eigenvalue weighted by atomic mass is 10.2. The molecule has 0 saturated carbocycles. The Balaban J connectivity index is 2.15. The van der Waals surface area contributed by atoms with Gasteiger partial charge in [-0.25, -0.2) is 4.98 Å². The van der Waals surface area contributed by atoms with Gasteiger partial charge in [0.15, 0.2) is 0 Å². The molecule has 0 fully saturated rings. The van der Waals surface area contributed by atoms with Crippen molar-refractivity contribution in [3.05, 3.63) is 39.6 Å². The Morgan fingerprint density at radius 1 is 1.47 bits per heavy atom. The molecule has 2 rings (SSSR count). The smallest absolute Gasteiger partial charge is 0.253 e. The summed E-state index contributed by atoms with van der Waals surface area (Å²) in [6.45, 7) is 5.84. The summed E-state index contributed by atoms with van der Waals surface area (Å²) in [6, 6.07) is 1.52. The number of hydrogen-bond acceptors (Lipinski definition) is 5. The third kappa shape index (κ3) is 2.90. The zero-order valence-electron chi connectivity index (χ0n) is 11.1. The van der Waals surface area contributed by atoms with Crippen molar-refractivity contribution in [2.45, 2.75) is 26.8 Å². The zero-order chi connectivity index (χ0) is 14.0. The molecule has 5 nitrogen and oxygen atoms in total. The fourth-order valence-electron chi connectivity index (χ4n) is 1.90. The van der Waals surface area contributed by atoms with Crippen LogP contribution in [-0.4, -0.2) is 15.9 Å². The molecule has 3 N–H and O–H groups in total. The minimum atomic E-state index is -0.196. The highest BCUT2D eigenvalue weighted by Crippen LogP contribution is 2.24. The Kier molecular flexibility index (Phi) is 3.80. The molecule has 0 saturated heterocycles. The molecule has 0 aromatic carbocycles. The van der Waals surface area contributed by atoms with Crippen LogP contribution in [0.4, 0.5) is 5.69 Å². The van der Waals surface area contributed by atoms with Crippen LogP contribution in [0, 0.1) is 13.8 Å². The van der Waals surface area contributed by atoms with Gasteiger partial charge in [0, 0.05) is 11.1 Å². The highest BCUT2D eigenvalue weighted by molar-refractivity contribution is 7.11. The first-order valence-electron chi connectivity index (χ1n) is 5.93. The summed E-state index contributed by atoms with van der Waals surface area (Å²) in [7, 11) is 0. The first kappa shape index (κ1) is 13.5. The number of pyridine rings is 1. The quantitative estimate of drug-likeness (QED) is 0.900. The molecule has 1 unspecified atom stereocenters. The van der Waals surface area contributed by atoms with Crippen molar-refractivity contribution < 1.29 is 4.79 Å². The van der Waals surface area contributed by atoms with E-state index < -0.39 is 0 Å². The zero-order valence-corrected chi connectivity index (χ0v) is 11.9. The molecular weight excluding hydrogens is 260 g/mol. The molecule has 2 aromatic heterocycles. The van der Waals surface area contributed by atoms with E-state index in [9.17, 15) is 4.79 Å². The number of carbonyl (C=O) groups is 1. The number of nitrogens with one attached hydrogen (secondary N) is 1. The lowest BCUT2D eigenvalue weighted by Gasteiger charge is -2.13. The fourth-order valence-corrected chi connectivity index (χ4v) is 2.83. The number of anilines is 1. The summed E-state index contributed by atoms with van der Waals surface area (Å²) in [5.74, 6) is -0.196. The van der Waals surface area contributed by atoms with E-state index >= 15 is 0 Å². The van der Waals surface area contributed by atoms with Gasteiger partial charge in [0.2, 0.25) is 0 Å². The average Bonchev–Trinajstić information content (AvgIpc) is 2.69. The number of aromatic nitrogens is 2. The second kappa shape index (κ2) is 5.36. The van der Waals surface area contributed by atoms with Gasteiger partial charge in [0.25, 0.3) is 5.91 Å². The number of nitrogen functional groups attached to an aromatic ring is 1. The number of amides is 1. The molecule has 0 aliphatic carbocycles. The molecule has 2 aromatic rings. The van der Waals surface area contributed by atoms with Gasteiger partial charge < -0.3 is 11.1 Å². The van der Waals surface area contributed by atoms with Gasteiger partial charge in [-0.2, -0.15) is 0 Å². The molecule has 0 aliphatic heterocycles. The molecule has 19 heavy (non-hydrogen) atoms. The Morgan fingerprint density at radius 2 is 2.21 bits per heavy atom. The van der Waals surface area contributed by atoms with Crippen LogP contribution in [0.3, 0.4) is 0 Å². The van der Waals surface area contributed by atoms with Gasteiger partial charge in [-0.05, 0) is 26.8 Å². The van der Waals surface area contributed by atoms with Crippen LogP contribution in [0.2, 0.25) is 0 Å². The van der Waals surface area contributed by atoms with Crippen molar-refractivity contribution in [3.63, 3.8) is 0 Å². The van der Waals surface area contributed by atoms with Crippen LogP contribution in [0.1, 0.15) is 38.9 Å². The van der Waals surface area contributed by atoms with E-state index in [1.165, 1.54) is 6.20 Å². The van der Waals surface area contributed by atoms with Gasteiger partial charge >= 0.3 is 0 Å². The van der Waals surface area contributed by atoms with Gasteiger partial charge in [-0.1, -0.05) is 0 Å². The minimum absolute atomic E-state index is 0.0914. The van der Waals surface area contributed by atoms with Crippen molar-refractivity contribution in [2.24, 2.45) is 0 Å². The topological polar surface area (TPSA) is 80.9 Å². The minimum Gasteiger partial charge on any atom is -0.397 e. The summed E-state index contributed by atoms with van der Waals surface area (Å²) < 4.78 is 0. The number of rotatable bonds is 3. The van der Waals surface area contributed by atoms with E-state index in [0.29, 0.717) is 11.3 Å². The highest BCUT2D eigenvalue weighted by Gasteiger charge is 2.17. The normalized spacial score (nSPS) is 12.2. The lowest BCUT2D eigenvalue weighted by molar-refractivity contribution is 0.0941. The van der Waals surface area contributed by atoms with Gasteiger partial charge in [-0.3, -0.25) is 9.78 Å². The van der Waals surface area contributed by atoms with E-state index in [1.54, 1.807) is 23.6 Å². The monoisotopic (exact) mass is 276 g/mol. The van der Waals surface area contributed by atoms with E-state index in [4.69, 9.17) is 5.73 Å². The van der Waals surface area contributed by atoms with Crippen LogP contribution < -0.4 is 11.1 Å². The second-order valence-corrected chi connectivity index (χ2v) is 5.58. The Bertz CT molecular complexity index is 608. The van der Waals surface area contributed by atoms with Crippen LogP contribution in [0.5, 0.6) is 0 Å². The van der Waals surface area contributed by atoms with Crippen molar-refractivity contribution in [2.75, 3.05) is 5.73 Å². The predicted molar refractivity (Wildman–Crippen MR) is 76.1 cm³/mol. The van der Waals surface area contributed by atoms with Crippen molar-refractivity contribution in [1.29, 1.82) is 0 Å². The van der Waals surface area contributed by atoms with E-state index in [2.05, 4.69) is 15.3 Å². The predicted octanol–water partition coefficient (Wildman–Crippen LogP) is 2.23. The lowest BCUT2D eigenvalue weighted by Crippen LogP contribution is -2.27. The molecule has 0 bridgehead atoms. The third-order valence-electron chi connectivity index (χ3n) is 2.78. The van der Waals surface area contributed by atoms with Crippen molar-refractivity contribution >= 4 is 22.9 Å². The van der Waals surface area contributed by atoms with E-state index in [1.807, 2.05) is 20.8 Å². The Morgan fingerprint density at radius 3 is 2.79 bits per heavy atom. The molecule has 1 amide bonds. The maximum Gasteiger partial charge on any atom is 0.253 e. The molecule has 1 atom stereocenters. The SMILES string of the molecule is Cc1nc(C)c(C(C)NC(=O)c2ccncc2N)s1. The molecule has 0 spiro atoms. The standard InChI is InChI=1S/C13H16N4OS/c1-7-12(19-9(3)16-7)8(2)17-13(18)10-4-5-15-6-11(10)14/h4-6,8H,14H2,1-3H3,(H,17,18). The maximum atomic E-state index is 12.1. The summed E-state index contributed by atoms with van der Waals surface area (Å²) in [5.41, 5.74) is 7.52. The van der Waals surface area contributed by atoms with E-state index in [-0.39, 0.29) is 11.9 Å². The molecule has 6 heteroatoms. The van der Waals surface area contributed by atoms with Gasteiger partial charge in [-0.15, -0.1) is 11.3 Å². The van der Waals surface area contributed by atoms with Crippen LogP contribution in [0.25, 0.3) is 0 Å². The molecule has 100 valence electrons. The maximum absolute atomic E-state index is 12.1. The summed E-state index contributed by atoms with van der Waals surface area (Å²) >= 11 is 1.59. The average molecular weight is 276 g/mol.